The summed E-state index contributed by atoms with van der Waals surface area (Å²) in [6.07, 6.45) is 1.59. The summed E-state index contributed by atoms with van der Waals surface area (Å²) in [5, 5.41) is 0. The van der Waals surface area contributed by atoms with Crippen LogP contribution >= 0.6 is 0 Å². The van der Waals surface area contributed by atoms with Crippen LogP contribution in [0.25, 0.3) is 0 Å². The van der Waals surface area contributed by atoms with E-state index in [1.165, 1.54) is 0 Å². The van der Waals surface area contributed by atoms with Crippen LogP contribution < -0.4 is 14.2 Å². The molecule has 0 aliphatic carbocycles. The molecule has 0 saturated carbocycles. The molecule has 2 aliphatic rings. The fourth-order valence-electron chi connectivity index (χ4n) is 4.14. The van der Waals surface area contributed by atoms with E-state index in [1.807, 2.05) is 29.2 Å². The van der Waals surface area contributed by atoms with E-state index in [1.54, 1.807) is 25.3 Å². The number of hydrogen-bond donors (Lipinski definition) is 0. The van der Waals surface area contributed by atoms with Gasteiger partial charge in [0, 0.05) is 31.5 Å². The normalized spacial score (nSPS) is 17.3. The second kappa shape index (κ2) is 8.61. The Morgan fingerprint density at radius 1 is 1.10 bits per heavy atom. The maximum Gasteiger partial charge on any atom is 0.253 e. The molecule has 2 aliphatic heterocycles. The maximum absolute atomic E-state index is 12.9. The highest BCUT2D eigenvalue weighted by Crippen LogP contribution is 2.40. The lowest BCUT2D eigenvalue weighted by Crippen LogP contribution is -2.52. The zero-order chi connectivity index (χ0) is 22.0. The van der Waals surface area contributed by atoms with Crippen LogP contribution in [0.2, 0.25) is 0 Å². The second-order valence-corrected chi connectivity index (χ2v) is 8.77. The van der Waals surface area contributed by atoms with Crippen LogP contribution in [0.1, 0.15) is 53.8 Å². The van der Waals surface area contributed by atoms with Gasteiger partial charge in [-0.3, -0.25) is 9.59 Å². The third kappa shape index (κ3) is 4.53. The van der Waals surface area contributed by atoms with Gasteiger partial charge < -0.3 is 19.1 Å². The van der Waals surface area contributed by atoms with Crippen molar-refractivity contribution in [2.24, 2.45) is 5.92 Å². The van der Waals surface area contributed by atoms with Gasteiger partial charge >= 0.3 is 0 Å². The molecule has 4 rings (SSSR count). The van der Waals surface area contributed by atoms with Crippen LogP contribution in [-0.4, -0.2) is 49.0 Å². The lowest BCUT2D eigenvalue weighted by Gasteiger charge is -2.44. The van der Waals surface area contributed by atoms with Crippen molar-refractivity contribution >= 4 is 11.7 Å². The van der Waals surface area contributed by atoms with Crippen molar-refractivity contribution in [3.63, 3.8) is 0 Å². The maximum atomic E-state index is 12.9. The number of amides is 1. The Morgan fingerprint density at radius 2 is 1.77 bits per heavy atom. The number of carbonyl (C=O) groups excluding carboxylic acids is 2. The molecule has 2 aromatic rings. The summed E-state index contributed by atoms with van der Waals surface area (Å²) in [5.41, 5.74) is 0.679. The molecule has 0 atom stereocenters. The SMILES string of the molecule is COc1ccc2c(c1)C(=O)CC1(CCN(C(=O)c3ccc(OCC(C)C)cc3)CC1)O2. The quantitative estimate of drug-likeness (QED) is 0.715. The first kappa shape index (κ1) is 21.2. The van der Waals surface area contributed by atoms with E-state index < -0.39 is 5.60 Å². The number of Topliss-reactive ketones (excluding diaryl/α,β-unsaturated/α-hetero) is 1. The largest absolute Gasteiger partial charge is 0.497 e. The third-order valence-corrected chi connectivity index (χ3v) is 5.94. The molecule has 1 saturated heterocycles. The van der Waals surface area contributed by atoms with Gasteiger partial charge in [-0.05, 0) is 48.4 Å². The summed E-state index contributed by atoms with van der Waals surface area (Å²) < 4.78 is 17.2. The van der Waals surface area contributed by atoms with Crippen LogP contribution in [0.3, 0.4) is 0 Å². The third-order valence-electron chi connectivity index (χ3n) is 5.94. The number of benzene rings is 2. The molecule has 0 unspecified atom stereocenters. The fourth-order valence-corrected chi connectivity index (χ4v) is 4.14. The van der Waals surface area contributed by atoms with Gasteiger partial charge in [0.2, 0.25) is 0 Å². The van der Waals surface area contributed by atoms with Crippen molar-refractivity contribution in [3.05, 3.63) is 53.6 Å². The lowest BCUT2D eigenvalue weighted by atomic mass is 9.82. The second-order valence-electron chi connectivity index (χ2n) is 8.77. The molecule has 31 heavy (non-hydrogen) atoms. The average Bonchev–Trinajstić information content (AvgIpc) is 2.78. The molecule has 0 bridgehead atoms. The fraction of sp³-hybridized carbons (Fsp3) is 0.440. The Balaban J connectivity index is 1.39. The number of nitrogens with zero attached hydrogens (tertiary/aromatic N) is 1. The minimum absolute atomic E-state index is 0.00229. The summed E-state index contributed by atoms with van der Waals surface area (Å²) >= 11 is 0. The highest BCUT2D eigenvalue weighted by molar-refractivity contribution is 6.01. The highest BCUT2D eigenvalue weighted by atomic mass is 16.5. The molecule has 0 N–H and O–H groups in total. The summed E-state index contributed by atoms with van der Waals surface area (Å²) in [7, 11) is 1.58. The van der Waals surface area contributed by atoms with Gasteiger partial charge in [-0.1, -0.05) is 13.8 Å². The topological polar surface area (TPSA) is 65.1 Å². The van der Waals surface area contributed by atoms with Gasteiger partial charge in [-0.15, -0.1) is 0 Å². The first-order valence-electron chi connectivity index (χ1n) is 10.8. The van der Waals surface area contributed by atoms with E-state index in [0.717, 1.165) is 5.75 Å². The molecule has 164 valence electrons. The Labute approximate surface area is 183 Å². The van der Waals surface area contributed by atoms with E-state index >= 15 is 0 Å². The van der Waals surface area contributed by atoms with Crippen molar-refractivity contribution in [3.8, 4) is 17.2 Å². The van der Waals surface area contributed by atoms with Gasteiger partial charge in [0.25, 0.3) is 5.91 Å². The molecule has 6 heteroatoms. The van der Waals surface area contributed by atoms with Crippen molar-refractivity contribution < 1.29 is 23.8 Å². The number of rotatable bonds is 5. The molecule has 0 radical (unpaired) electrons. The summed E-state index contributed by atoms with van der Waals surface area (Å²) in [6, 6.07) is 12.6. The van der Waals surface area contributed by atoms with E-state index in [0.29, 0.717) is 67.5 Å². The van der Waals surface area contributed by atoms with Crippen molar-refractivity contribution in [2.45, 2.75) is 38.7 Å². The Hall–Kier alpha value is -3.02. The molecule has 6 nitrogen and oxygen atoms in total. The smallest absolute Gasteiger partial charge is 0.253 e. The van der Waals surface area contributed by atoms with Crippen molar-refractivity contribution in [1.29, 1.82) is 0 Å². The summed E-state index contributed by atoms with van der Waals surface area (Å²) in [6.45, 7) is 5.96. The number of hydrogen-bond acceptors (Lipinski definition) is 5. The predicted octanol–water partition coefficient (Wildman–Crippen LogP) is 4.37. The first-order chi connectivity index (χ1) is 14.9. The average molecular weight is 424 g/mol. The minimum atomic E-state index is -0.538. The van der Waals surface area contributed by atoms with Crippen molar-refractivity contribution in [1.82, 2.24) is 4.90 Å². The highest BCUT2D eigenvalue weighted by Gasteiger charge is 2.43. The number of ether oxygens (including phenoxy) is 3. The first-order valence-corrected chi connectivity index (χ1v) is 10.8. The van der Waals surface area contributed by atoms with Gasteiger partial charge in [0.05, 0.1) is 25.7 Å². The van der Waals surface area contributed by atoms with Gasteiger partial charge in [0.15, 0.2) is 5.78 Å². The molecule has 1 fully saturated rings. The monoisotopic (exact) mass is 423 g/mol. The standard InChI is InChI=1S/C25H29NO5/c1-17(2)16-30-19-6-4-18(5-7-19)24(28)26-12-10-25(11-13-26)15-22(27)21-14-20(29-3)8-9-23(21)31-25/h4-9,14,17H,10-13,15-16H2,1-3H3. The van der Waals surface area contributed by atoms with Crippen LogP contribution in [0.15, 0.2) is 42.5 Å². The number of ketones is 1. The molecular weight excluding hydrogens is 394 g/mol. The molecule has 0 aromatic heterocycles. The van der Waals surface area contributed by atoms with Gasteiger partial charge in [-0.2, -0.15) is 0 Å². The van der Waals surface area contributed by atoms with Crippen LogP contribution in [-0.2, 0) is 0 Å². The summed E-state index contributed by atoms with van der Waals surface area (Å²) in [5.74, 6) is 2.54. The molecule has 2 aromatic carbocycles. The number of methoxy groups -OCH3 is 1. The lowest BCUT2D eigenvalue weighted by molar-refractivity contribution is -0.00576. The van der Waals surface area contributed by atoms with Crippen LogP contribution in [0, 0.1) is 5.92 Å². The Bertz CT molecular complexity index is 958. The molecule has 2 heterocycles. The Kier molecular flexibility index (Phi) is 5.90. The van der Waals surface area contributed by atoms with Crippen molar-refractivity contribution in [2.75, 3.05) is 26.8 Å². The summed E-state index contributed by atoms with van der Waals surface area (Å²) in [4.78, 5) is 27.5. The zero-order valence-electron chi connectivity index (χ0n) is 18.3. The molecule has 1 spiro atoms. The number of likely N-dealkylation sites (tertiary alicyclic amines) is 1. The van der Waals surface area contributed by atoms with E-state index in [9.17, 15) is 9.59 Å². The molecular formula is C25H29NO5. The number of piperidine rings is 1. The zero-order valence-corrected chi connectivity index (χ0v) is 18.3. The van der Waals surface area contributed by atoms with Crippen LogP contribution in [0.4, 0.5) is 0 Å². The number of carbonyl (C=O) groups is 2. The van der Waals surface area contributed by atoms with E-state index in [2.05, 4.69) is 13.8 Å². The van der Waals surface area contributed by atoms with E-state index in [-0.39, 0.29) is 11.7 Å². The van der Waals surface area contributed by atoms with Gasteiger partial charge in [0.1, 0.15) is 22.8 Å². The molecule has 1 amide bonds. The predicted molar refractivity (Wildman–Crippen MR) is 117 cm³/mol. The van der Waals surface area contributed by atoms with E-state index in [4.69, 9.17) is 14.2 Å². The number of fused-ring (bicyclic) bond motifs is 1. The minimum Gasteiger partial charge on any atom is -0.497 e. The van der Waals surface area contributed by atoms with Gasteiger partial charge in [-0.25, -0.2) is 0 Å². The Morgan fingerprint density at radius 3 is 2.42 bits per heavy atom. The van der Waals surface area contributed by atoms with Crippen LogP contribution in [0.5, 0.6) is 17.2 Å².